The highest BCUT2D eigenvalue weighted by molar-refractivity contribution is 5.33. The molecule has 5 unspecified atom stereocenters. The molecule has 0 aromatic rings. The van der Waals surface area contributed by atoms with Crippen molar-refractivity contribution in [1.29, 1.82) is 0 Å². The van der Waals surface area contributed by atoms with Crippen molar-refractivity contribution in [2.75, 3.05) is 13.2 Å². The fraction of sp³-hybridized carbons (Fsp3) is 1.00. The van der Waals surface area contributed by atoms with Crippen LogP contribution in [-0.2, 0) is 23.7 Å². The van der Waals surface area contributed by atoms with Gasteiger partial charge in [-0.2, -0.15) is 0 Å². The van der Waals surface area contributed by atoms with Crippen LogP contribution in [0, 0.1) is 44.8 Å². The SMILES string of the molecule is CC(C)(O)[C@@H]1CC[C@](C)(C2[C@@H](O)C[C@@]3(C)C4C[C@H](O[C@@H]5O[C@H](CO)[C@@H](O)[C@H](O)[C@H]5O)C5C(C)(C)[C@@H](O[C@@H]6OC[C@@H](O)[C@H](O)[C@H]6O)CCC56CC46CC[C@]23C)O1. The quantitative estimate of drug-likeness (QED) is 0.162. The van der Waals surface area contributed by atoms with E-state index in [1.807, 2.05) is 0 Å². The van der Waals surface area contributed by atoms with Crippen LogP contribution in [0.25, 0.3) is 0 Å². The van der Waals surface area contributed by atoms with Gasteiger partial charge in [0.25, 0.3) is 0 Å². The summed E-state index contributed by atoms with van der Waals surface area (Å²) in [6.07, 6.45) is -7.48. The van der Waals surface area contributed by atoms with Crippen molar-refractivity contribution >= 4 is 0 Å². The van der Waals surface area contributed by atoms with Crippen molar-refractivity contribution < 1.29 is 69.6 Å². The molecule has 55 heavy (non-hydrogen) atoms. The number of fused-ring (bicyclic) bond motifs is 2. The molecule has 14 heteroatoms. The summed E-state index contributed by atoms with van der Waals surface area (Å²) in [5.74, 6) is -0.215. The number of ether oxygens (including phenoxy) is 5. The Kier molecular flexibility index (Phi) is 9.90. The Labute approximate surface area is 324 Å². The van der Waals surface area contributed by atoms with Gasteiger partial charge in [0.15, 0.2) is 12.6 Å². The van der Waals surface area contributed by atoms with Crippen molar-refractivity contribution in [1.82, 2.24) is 0 Å². The van der Waals surface area contributed by atoms with E-state index in [0.717, 1.165) is 32.1 Å². The second-order valence-corrected chi connectivity index (χ2v) is 21.1. The molecule has 9 N–H and O–H groups in total. The van der Waals surface area contributed by atoms with Crippen molar-refractivity contribution in [2.45, 2.75) is 197 Å². The predicted molar refractivity (Wildman–Crippen MR) is 194 cm³/mol. The van der Waals surface area contributed by atoms with Crippen molar-refractivity contribution in [3.05, 3.63) is 0 Å². The monoisotopic (exact) mass is 784 g/mol. The van der Waals surface area contributed by atoms with Gasteiger partial charge < -0.3 is 69.6 Å². The minimum atomic E-state index is -1.60. The molecule has 2 spiro atoms. The summed E-state index contributed by atoms with van der Waals surface area (Å²) in [5, 5.41) is 97.2. The van der Waals surface area contributed by atoms with Gasteiger partial charge in [-0.1, -0.05) is 27.7 Å². The van der Waals surface area contributed by atoms with Crippen LogP contribution in [0.3, 0.4) is 0 Å². The zero-order chi connectivity index (χ0) is 40.1. The molecule has 0 aromatic carbocycles. The molecule has 3 saturated heterocycles. The maximum atomic E-state index is 12.2. The Bertz CT molecular complexity index is 1460. The number of rotatable bonds is 7. The van der Waals surface area contributed by atoms with Crippen LogP contribution in [0.1, 0.15) is 106 Å². The Morgan fingerprint density at radius 1 is 0.709 bits per heavy atom. The molecule has 0 bridgehead atoms. The van der Waals surface area contributed by atoms with Crippen LogP contribution in [0.4, 0.5) is 0 Å². The number of hydrogen-bond donors (Lipinski definition) is 9. The fourth-order valence-corrected chi connectivity index (χ4v) is 14.9. The van der Waals surface area contributed by atoms with Gasteiger partial charge >= 0.3 is 0 Å². The lowest BCUT2D eigenvalue weighted by Crippen LogP contribution is -2.65. The summed E-state index contributed by atoms with van der Waals surface area (Å²) in [7, 11) is 0. The van der Waals surface area contributed by atoms with E-state index in [-0.39, 0.29) is 52.1 Å². The summed E-state index contributed by atoms with van der Waals surface area (Å²) >= 11 is 0. The lowest BCUT2D eigenvalue weighted by Gasteiger charge is -2.65. The van der Waals surface area contributed by atoms with Crippen LogP contribution in [0.5, 0.6) is 0 Å². The molecule has 14 nitrogen and oxygen atoms in total. The molecule has 3 heterocycles. The highest BCUT2D eigenvalue weighted by atomic mass is 16.7. The molecular weight excluding hydrogens is 716 g/mol. The van der Waals surface area contributed by atoms with Crippen molar-refractivity contribution in [3.8, 4) is 0 Å². The molecule has 0 aromatic heterocycles. The standard InChI is InChI=1S/C41H68O14/c1-35(2)24(54-33-29(48)26(45)20(44)17-51-33)9-11-41-18-40(41)13-12-37(5)31(39(7)10-8-25(55-39)36(3,4)50)19(43)15-38(37,6)23(40)14-21(32(35)41)52-34-30(49)28(47)27(46)22(16-42)53-34/h19-34,42-50H,8-18H2,1-7H3/t19-,20+,21-,22+,23?,24-,25-,26-,27+,28-,29+,30+,31?,32?,33-,34+,37+,38-,39+,40?,41?/m0/s1. The average Bonchev–Trinajstić information content (AvgIpc) is 3.47. The smallest absolute Gasteiger partial charge is 0.186 e. The number of hydrogen-bond acceptors (Lipinski definition) is 14. The Morgan fingerprint density at radius 3 is 2.05 bits per heavy atom. The van der Waals surface area contributed by atoms with Crippen LogP contribution in [0.15, 0.2) is 0 Å². The van der Waals surface area contributed by atoms with E-state index in [1.54, 1.807) is 13.8 Å². The van der Waals surface area contributed by atoms with E-state index in [9.17, 15) is 46.0 Å². The third-order valence-corrected chi connectivity index (χ3v) is 17.6. The molecule has 316 valence electrons. The minimum Gasteiger partial charge on any atom is -0.394 e. The van der Waals surface area contributed by atoms with Gasteiger partial charge in [0.2, 0.25) is 0 Å². The Morgan fingerprint density at radius 2 is 1.40 bits per heavy atom. The third-order valence-electron chi connectivity index (χ3n) is 17.6. The topological polar surface area (TPSA) is 228 Å². The molecule has 3 aliphatic heterocycles. The summed E-state index contributed by atoms with van der Waals surface area (Å²) in [6, 6.07) is 0. The normalized spacial score (nSPS) is 58.7. The maximum absolute atomic E-state index is 12.2. The molecule has 5 saturated carbocycles. The molecule has 8 fully saturated rings. The van der Waals surface area contributed by atoms with Crippen LogP contribution < -0.4 is 0 Å². The van der Waals surface area contributed by atoms with Crippen molar-refractivity contribution in [3.63, 3.8) is 0 Å². The van der Waals surface area contributed by atoms with Gasteiger partial charge in [0.1, 0.15) is 42.7 Å². The molecule has 8 aliphatic rings. The maximum Gasteiger partial charge on any atom is 0.186 e. The lowest BCUT2D eigenvalue weighted by molar-refractivity contribution is -0.339. The first-order chi connectivity index (χ1) is 25.5. The van der Waals surface area contributed by atoms with Gasteiger partial charge in [-0.25, -0.2) is 0 Å². The van der Waals surface area contributed by atoms with E-state index in [2.05, 4.69) is 34.6 Å². The van der Waals surface area contributed by atoms with E-state index in [0.29, 0.717) is 25.7 Å². The summed E-state index contributed by atoms with van der Waals surface area (Å²) in [5.41, 5.74) is -3.16. The Hall–Kier alpha value is -0.560. The zero-order valence-corrected chi connectivity index (χ0v) is 33.6. The van der Waals surface area contributed by atoms with E-state index >= 15 is 0 Å². The van der Waals surface area contributed by atoms with E-state index in [4.69, 9.17) is 23.7 Å². The van der Waals surface area contributed by atoms with Crippen LogP contribution in [0.2, 0.25) is 0 Å². The summed E-state index contributed by atoms with van der Waals surface area (Å²) in [4.78, 5) is 0. The highest BCUT2D eigenvalue weighted by Crippen LogP contribution is 2.89. The summed E-state index contributed by atoms with van der Waals surface area (Å²) < 4.78 is 31.9. The lowest BCUT2D eigenvalue weighted by atomic mass is 9.41. The second kappa shape index (κ2) is 13.2. The minimum absolute atomic E-state index is 0.0633. The molecule has 0 amide bonds. The first kappa shape index (κ1) is 41.2. The van der Waals surface area contributed by atoms with Gasteiger partial charge in [-0.05, 0) is 117 Å². The first-order valence-corrected chi connectivity index (χ1v) is 20.9. The fourth-order valence-electron chi connectivity index (χ4n) is 14.9. The molecule has 21 atom stereocenters. The number of aliphatic hydroxyl groups excluding tert-OH is 8. The first-order valence-electron chi connectivity index (χ1n) is 20.9. The second-order valence-electron chi connectivity index (χ2n) is 21.1. The molecule has 0 radical (unpaired) electrons. The van der Waals surface area contributed by atoms with Crippen molar-refractivity contribution in [2.24, 2.45) is 44.8 Å². The van der Waals surface area contributed by atoms with Gasteiger partial charge in [0.05, 0.1) is 48.8 Å². The molecular formula is C41H68O14. The van der Waals surface area contributed by atoms with Crippen LogP contribution in [-0.4, -0.2) is 150 Å². The predicted octanol–water partition coefficient (Wildman–Crippen LogP) is 0.724. The largest absolute Gasteiger partial charge is 0.394 e. The molecule has 5 aliphatic carbocycles. The highest BCUT2D eigenvalue weighted by Gasteiger charge is 2.85. The van der Waals surface area contributed by atoms with Gasteiger partial charge in [-0.3, -0.25) is 0 Å². The van der Waals surface area contributed by atoms with E-state index in [1.165, 1.54) is 0 Å². The van der Waals surface area contributed by atoms with Crippen LogP contribution >= 0.6 is 0 Å². The zero-order valence-electron chi connectivity index (χ0n) is 33.6. The third kappa shape index (κ3) is 5.70. The van der Waals surface area contributed by atoms with Gasteiger partial charge in [-0.15, -0.1) is 0 Å². The number of aliphatic hydroxyl groups is 9. The summed E-state index contributed by atoms with van der Waals surface area (Å²) in [6.45, 7) is 13.8. The Balaban J connectivity index is 1.15. The van der Waals surface area contributed by atoms with Gasteiger partial charge in [0, 0.05) is 5.92 Å². The molecule has 8 rings (SSSR count). The van der Waals surface area contributed by atoms with E-state index < -0.39 is 96.8 Å². The average molecular weight is 785 g/mol.